The molecule has 1 N–H and O–H groups in total. The summed E-state index contributed by atoms with van der Waals surface area (Å²) in [6.07, 6.45) is 8.82. The zero-order chi connectivity index (χ0) is 15.1. The summed E-state index contributed by atoms with van der Waals surface area (Å²) in [5.41, 5.74) is 1.03. The minimum Gasteiger partial charge on any atom is -0.381 e. The molecule has 1 aromatic heterocycles. The van der Waals surface area contributed by atoms with Crippen LogP contribution in [0.15, 0.2) is 18.2 Å². The highest BCUT2D eigenvalue weighted by Crippen LogP contribution is 2.43. The Morgan fingerprint density at radius 3 is 3.00 bits per heavy atom. The van der Waals surface area contributed by atoms with E-state index >= 15 is 0 Å². The predicted octanol–water partition coefficient (Wildman–Crippen LogP) is 2.46. The number of carbonyl (C=O) groups is 1. The van der Waals surface area contributed by atoms with Crippen LogP contribution in [0.25, 0.3) is 0 Å². The molecule has 2 heterocycles. The lowest BCUT2D eigenvalue weighted by molar-refractivity contribution is -0.120. The number of carbonyl (C=O) groups excluding carboxylic acids is 1. The first-order valence-electron chi connectivity index (χ1n) is 8.31. The van der Waals surface area contributed by atoms with Crippen molar-refractivity contribution in [3.05, 3.63) is 23.9 Å². The van der Waals surface area contributed by atoms with E-state index in [1.165, 1.54) is 0 Å². The van der Waals surface area contributed by atoms with Crippen LogP contribution in [0.4, 0.5) is 5.82 Å². The van der Waals surface area contributed by atoms with Crippen LogP contribution in [0.1, 0.15) is 37.3 Å². The van der Waals surface area contributed by atoms with Crippen molar-refractivity contribution in [2.45, 2.75) is 31.6 Å². The van der Waals surface area contributed by atoms with Crippen LogP contribution in [0, 0.1) is 17.8 Å². The van der Waals surface area contributed by atoms with Crippen molar-refractivity contribution < 1.29 is 9.53 Å². The van der Waals surface area contributed by atoms with Gasteiger partial charge in [0.15, 0.2) is 0 Å². The number of rotatable bonds is 3. The Balaban J connectivity index is 1.45. The molecule has 1 amide bonds. The predicted molar refractivity (Wildman–Crippen MR) is 83.5 cm³/mol. The van der Waals surface area contributed by atoms with Gasteiger partial charge >= 0.3 is 0 Å². The van der Waals surface area contributed by atoms with Crippen LogP contribution < -0.4 is 5.32 Å². The second-order valence-corrected chi connectivity index (χ2v) is 6.87. The largest absolute Gasteiger partial charge is 0.381 e. The molecule has 1 saturated heterocycles. The van der Waals surface area contributed by atoms with Gasteiger partial charge < -0.3 is 10.1 Å². The highest BCUT2D eigenvalue weighted by molar-refractivity contribution is 5.92. The van der Waals surface area contributed by atoms with Crippen molar-refractivity contribution in [2.75, 3.05) is 18.5 Å². The van der Waals surface area contributed by atoms with Gasteiger partial charge in [0.25, 0.3) is 0 Å². The number of nitrogens with zero attached hydrogens (tertiary/aromatic N) is 2. The molecule has 2 fully saturated rings. The topological polar surface area (TPSA) is 56.1 Å². The van der Waals surface area contributed by atoms with Crippen LogP contribution in [-0.4, -0.2) is 28.9 Å². The minimum absolute atomic E-state index is 0.131. The number of allylic oxidation sites excluding steroid dienone is 2. The van der Waals surface area contributed by atoms with Crippen LogP contribution in [0.2, 0.25) is 0 Å². The molecule has 1 aromatic rings. The smallest absolute Gasteiger partial charge is 0.229 e. The Bertz CT molecular complexity index is 601. The molecule has 2 aliphatic carbocycles. The van der Waals surface area contributed by atoms with Gasteiger partial charge in [-0.2, -0.15) is 5.10 Å². The van der Waals surface area contributed by atoms with Crippen molar-refractivity contribution in [2.24, 2.45) is 24.8 Å². The molecule has 0 radical (unpaired) electrons. The van der Waals surface area contributed by atoms with Crippen molar-refractivity contribution in [3.63, 3.8) is 0 Å². The minimum atomic E-state index is 0.131. The Morgan fingerprint density at radius 1 is 1.41 bits per heavy atom. The van der Waals surface area contributed by atoms with Gasteiger partial charge in [-0.25, -0.2) is 0 Å². The molecule has 0 aromatic carbocycles. The number of aromatic nitrogens is 2. The van der Waals surface area contributed by atoms with E-state index < -0.39 is 0 Å². The molecular formula is C17H23N3O2. The lowest BCUT2D eigenvalue weighted by Gasteiger charge is -2.19. The van der Waals surface area contributed by atoms with Crippen LogP contribution >= 0.6 is 0 Å². The molecule has 5 heteroatoms. The summed E-state index contributed by atoms with van der Waals surface area (Å²) < 4.78 is 7.32. The number of fused-ring (bicyclic) bond motifs is 2. The van der Waals surface area contributed by atoms with Gasteiger partial charge in [-0.1, -0.05) is 12.2 Å². The third kappa shape index (κ3) is 2.47. The van der Waals surface area contributed by atoms with Gasteiger partial charge in [-0.15, -0.1) is 0 Å². The first kappa shape index (κ1) is 14.0. The molecule has 2 bridgehead atoms. The van der Waals surface area contributed by atoms with Crippen molar-refractivity contribution in [3.8, 4) is 0 Å². The lowest BCUT2D eigenvalue weighted by Crippen LogP contribution is -2.26. The van der Waals surface area contributed by atoms with E-state index in [0.29, 0.717) is 17.8 Å². The molecule has 118 valence electrons. The van der Waals surface area contributed by atoms with Crippen LogP contribution in [-0.2, 0) is 16.6 Å². The van der Waals surface area contributed by atoms with E-state index in [1.54, 1.807) is 4.68 Å². The van der Waals surface area contributed by atoms with Gasteiger partial charge in [0.2, 0.25) is 5.91 Å². The Hall–Kier alpha value is -1.62. The fourth-order valence-electron chi connectivity index (χ4n) is 4.08. The third-order valence-corrected chi connectivity index (χ3v) is 5.34. The zero-order valence-corrected chi connectivity index (χ0v) is 13.0. The third-order valence-electron chi connectivity index (χ3n) is 5.34. The Labute approximate surface area is 130 Å². The summed E-state index contributed by atoms with van der Waals surface area (Å²) in [4.78, 5) is 12.5. The maximum Gasteiger partial charge on any atom is 0.229 e. The molecule has 4 atom stereocenters. The number of ether oxygens (including phenoxy) is 1. The highest BCUT2D eigenvalue weighted by Gasteiger charge is 2.40. The van der Waals surface area contributed by atoms with Gasteiger partial charge in [-0.05, 0) is 37.5 Å². The fourth-order valence-corrected chi connectivity index (χ4v) is 4.08. The van der Waals surface area contributed by atoms with E-state index in [4.69, 9.17) is 4.74 Å². The average molecular weight is 301 g/mol. The number of aryl methyl sites for hydroxylation is 1. The van der Waals surface area contributed by atoms with E-state index in [2.05, 4.69) is 22.6 Å². The molecule has 0 unspecified atom stereocenters. The van der Waals surface area contributed by atoms with Gasteiger partial charge in [-0.3, -0.25) is 9.48 Å². The van der Waals surface area contributed by atoms with Gasteiger partial charge in [0, 0.05) is 31.6 Å². The summed E-state index contributed by atoms with van der Waals surface area (Å²) in [7, 11) is 1.89. The van der Waals surface area contributed by atoms with E-state index in [9.17, 15) is 4.79 Å². The Morgan fingerprint density at radius 2 is 2.32 bits per heavy atom. The van der Waals surface area contributed by atoms with Crippen LogP contribution in [0.3, 0.4) is 0 Å². The van der Waals surface area contributed by atoms with Gasteiger partial charge in [0.05, 0.1) is 12.3 Å². The van der Waals surface area contributed by atoms with E-state index in [-0.39, 0.29) is 11.8 Å². The number of hydrogen-bond acceptors (Lipinski definition) is 3. The number of nitrogens with one attached hydrogen (secondary N) is 1. The van der Waals surface area contributed by atoms with Crippen LogP contribution in [0.5, 0.6) is 0 Å². The first-order valence-corrected chi connectivity index (χ1v) is 8.31. The van der Waals surface area contributed by atoms with E-state index in [1.807, 2.05) is 13.1 Å². The molecule has 22 heavy (non-hydrogen) atoms. The van der Waals surface area contributed by atoms with Crippen molar-refractivity contribution in [1.29, 1.82) is 0 Å². The monoisotopic (exact) mass is 301 g/mol. The normalized spacial score (nSPS) is 33.3. The second kappa shape index (κ2) is 5.54. The van der Waals surface area contributed by atoms with Crippen molar-refractivity contribution >= 4 is 11.7 Å². The summed E-state index contributed by atoms with van der Waals surface area (Å²) in [6.45, 7) is 1.59. The summed E-state index contributed by atoms with van der Waals surface area (Å²) in [5, 5.41) is 7.65. The number of amides is 1. The molecule has 3 aliphatic rings. The maximum absolute atomic E-state index is 12.5. The first-order chi connectivity index (χ1) is 10.7. The quantitative estimate of drug-likeness (QED) is 0.873. The summed E-state index contributed by atoms with van der Waals surface area (Å²) >= 11 is 0. The number of anilines is 1. The molecule has 1 saturated carbocycles. The summed E-state index contributed by atoms with van der Waals surface area (Å²) in [6, 6.07) is 2.01. The number of hydrogen-bond donors (Lipinski definition) is 1. The molecule has 5 nitrogen and oxygen atoms in total. The molecular weight excluding hydrogens is 278 g/mol. The SMILES string of the molecule is Cn1nc([C@@H]2CCCOC2)cc1NC(=O)[C@@H]1C[C@H]2C=C[C@H]1C2. The fraction of sp³-hybridized carbons (Fsp3) is 0.647. The zero-order valence-electron chi connectivity index (χ0n) is 13.0. The Kier molecular flexibility index (Phi) is 3.53. The molecule has 4 rings (SSSR count). The molecule has 1 aliphatic heterocycles. The maximum atomic E-state index is 12.5. The lowest BCUT2D eigenvalue weighted by atomic mass is 9.93. The van der Waals surface area contributed by atoms with Gasteiger partial charge in [0.1, 0.15) is 5.82 Å². The average Bonchev–Trinajstić information content (AvgIpc) is 3.24. The standard InChI is InChI=1S/C17H23N3O2/c1-20-16(9-15(19-20)13-3-2-6-22-10-13)18-17(21)14-8-11-4-5-12(14)7-11/h4-5,9,11-14H,2-3,6-8,10H2,1H3,(H,18,21)/t11-,12-,13+,14+/m0/s1. The molecule has 0 spiro atoms. The van der Waals surface area contributed by atoms with E-state index in [0.717, 1.165) is 50.4 Å². The highest BCUT2D eigenvalue weighted by atomic mass is 16.5. The second-order valence-electron chi connectivity index (χ2n) is 6.87. The van der Waals surface area contributed by atoms with Crippen molar-refractivity contribution in [1.82, 2.24) is 9.78 Å². The summed E-state index contributed by atoms with van der Waals surface area (Å²) in [5.74, 6) is 2.48.